The number of fused-ring (bicyclic) bond motifs is 1. The van der Waals surface area contributed by atoms with E-state index in [0.29, 0.717) is 17.3 Å². The van der Waals surface area contributed by atoms with Crippen molar-refractivity contribution >= 4 is 34.2 Å². The fraction of sp³-hybridized carbons (Fsp3) is 0.111. The molecule has 3 N–H and O–H groups in total. The zero-order valence-corrected chi connectivity index (χ0v) is 14.9. The van der Waals surface area contributed by atoms with Crippen molar-refractivity contribution in [1.29, 1.82) is 0 Å². The molecule has 0 spiro atoms. The van der Waals surface area contributed by atoms with Crippen molar-refractivity contribution in [3.63, 3.8) is 0 Å². The second-order valence-electron chi connectivity index (χ2n) is 5.94. The Morgan fingerprint density at radius 2 is 2.15 bits per heavy atom. The number of rotatable bonds is 5. The number of nitrogens with one attached hydrogen (secondary N) is 3. The van der Waals surface area contributed by atoms with Gasteiger partial charge in [0.05, 0.1) is 30.1 Å². The van der Waals surface area contributed by atoms with Crippen LogP contribution in [-0.2, 0) is 12.4 Å². The van der Waals surface area contributed by atoms with Crippen LogP contribution >= 0.6 is 11.6 Å². The first kappa shape index (κ1) is 17.0. The maximum atomic E-state index is 12.1. The van der Waals surface area contributed by atoms with Crippen molar-refractivity contribution < 1.29 is 4.79 Å². The Hall–Kier alpha value is -3.39. The Morgan fingerprint density at radius 1 is 1.22 bits per heavy atom. The molecule has 0 radical (unpaired) electrons. The van der Waals surface area contributed by atoms with Crippen LogP contribution in [0.1, 0.15) is 11.3 Å². The number of alkyl halides is 1. The largest absolute Gasteiger partial charge is 0.332 e. The lowest BCUT2D eigenvalue weighted by Gasteiger charge is -2.07. The van der Waals surface area contributed by atoms with Gasteiger partial charge in [-0.15, -0.1) is 16.7 Å². The van der Waals surface area contributed by atoms with Crippen molar-refractivity contribution in [2.75, 3.05) is 5.32 Å². The minimum absolute atomic E-state index is 0.257. The van der Waals surface area contributed by atoms with Gasteiger partial charge in [-0.05, 0) is 35.9 Å². The Morgan fingerprint density at radius 3 is 3.04 bits per heavy atom. The second-order valence-corrected chi connectivity index (χ2v) is 6.20. The highest BCUT2D eigenvalue weighted by Gasteiger charge is 2.07. The van der Waals surface area contributed by atoms with Crippen molar-refractivity contribution in [2.45, 2.75) is 12.4 Å². The fourth-order valence-corrected chi connectivity index (χ4v) is 2.82. The monoisotopic (exact) mass is 381 g/mol. The van der Waals surface area contributed by atoms with E-state index >= 15 is 0 Å². The fourth-order valence-electron chi connectivity index (χ4n) is 2.65. The Kier molecular flexibility index (Phi) is 4.71. The predicted octanol–water partition coefficient (Wildman–Crippen LogP) is 3.20. The summed E-state index contributed by atoms with van der Waals surface area (Å²) in [7, 11) is 0. The molecular formula is C18H16ClN7O. The SMILES string of the molecule is O=C(NCc1cn(-c2ccc3cn[nH]c3c2)nn1)Nc1cccc(CCl)c1. The molecule has 0 aliphatic heterocycles. The molecule has 0 atom stereocenters. The number of hydrogen-bond donors (Lipinski definition) is 3. The number of urea groups is 1. The van der Waals surface area contributed by atoms with Gasteiger partial charge in [-0.2, -0.15) is 5.10 Å². The molecule has 2 aromatic carbocycles. The molecule has 4 rings (SSSR count). The zero-order chi connectivity index (χ0) is 18.6. The number of benzene rings is 2. The molecule has 0 fully saturated rings. The van der Waals surface area contributed by atoms with Gasteiger partial charge in [0, 0.05) is 17.0 Å². The molecule has 4 aromatic rings. The van der Waals surface area contributed by atoms with Crippen molar-refractivity contribution in [1.82, 2.24) is 30.5 Å². The van der Waals surface area contributed by atoms with E-state index in [0.717, 1.165) is 22.2 Å². The van der Waals surface area contributed by atoms with Crippen LogP contribution in [0.2, 0.25) is 0 Å². The van der Waals surface area contributed by atoms with E-state index < -0.39 is 0 Å². The van der Waals surface area contributed by atoms with Crippen molar-refractivity contribution in [3.8, 4) is 5.69 Å². The lowest BCUT2D eigenvalue weighted by molar-refractivity contribution is 0.251. The molecule has 0 aliphatic carbocycles. The molecule has 2 aromatic heterocycles. The van der Waals surface area contributed by atoms with Gasteiger partial charge in [-0.3, -0.25) is 5.10 Å². The average Bonchev–Trinajstić information content (AvgIpc) is 3.35. The highest BCUT2D eigenvalue weighted by molar-refractivity contribution is 6.17. The minimum atomic E-state index is -0.324. The van der Waals surface area contributed by atoms with E-state index in [1.165, 1.54) is 0 Å². The molecule has 0 saturated heterocycles. The molecule has 9 heteroatoms. The van der Waals surface area contributed by atoms with Crippen LogP contribution < -0.4 is 10.6 Å². The summed E-state index contributed by atoms with van der Waals surface area (Å²) >= 11 is 5.80. The van der Waals surface area contributed by atoms with E-state index in [1.807, 2.05) is 36.4 Å². The lowest BCUT2D eigenvalue weighted by atomic mass is 10.2. The summed E-state index contributed by atoms with van der Waals surface area (Å²) in [6.07, 6.45) is 3.53. The van der Waals surface area contributed by atoms with Crippen LogP contribution in [-0.4, -0.2) is 31.2 Å². The van der Waals surface area contributed by atoms with Gasteiger partial charge in [0.1, 0.15) is 5.69 Å². The highest BCUT2D eigenvalue weighted by Crippen LogP contribution is 2.16. The van der Waals surface area contributed by atoms with Crippen LogP contribution in [0.15, 0.2) is 54.9 Å². The number of anilines is 1. The molecule has 0 bridgehead atoms. The van der Waals surface area contributed by atoms with Crippen LogP contribution in [0.3, 0.4) is 0 Å². The summed E-state index contributed by atoms with van der Waals surface area (Å²) < 4.78 is 1.65. The zero-order valence-electron chi connectivity index (χ0n) is 14.2. The average molecular weight is 382 g/mol. The number of carbonyl (C=O) groups is 1. The van der Waals surface area contributed by atoms with Crippen LogP contribution in [0.4, 0.5) is 10.5 Å². The minimum Gasteiger partial charge on any atom is -0.332 e. The smallest absolute Gasteiger partial charge is 0.319 e. The maximum Gasteiger partial charge on any atom is 0.319 e. The molecule has 0 unspecified atom stereocenters. The number of aromatic amines is 1. The molecule has 8 nitrogen and oxygen atoms in total. The van der Waals surface area contributed by atoms with Gasteiger partial charge in [0.15, 0.2) is 0 Å². The summed E-state index contributed by atoms with van der Waals surface area (Å²) in [6.45, 7) is 0.257. The summed E-state index contributed by atoms with van der Waals surface area (Å²) in [6, 6.07) is 12.9. The molecule has 0 saturated carbocycles. The first-order chi connectivity index (χ1) is 13.2. The molecule has 2 heterocycles. The number of carbonyl (C=O) groups excluding carboxylic acids is 1. The molecular weight excluding hydrogens is 366 g/mol. The van der Waals surface area contributed by atoms with E-state index in [9.17, 15) is 4.79 Å². The lowest BCUT2D eigenvalue weighted by Crippen LogP contribution is -2.28. The quantitative estimate of drug-likeness (QED) is 0.462. The Labute approximate surface area is 159 Å². The number of nitrogens with zero attached hydrogens (tertiary/aromatic N) is 4. The van der Waals surface area contributed by atoms with Crippen LogP contribution in [0.5, 0.6) is 0 Å². The summed E-state index contributed by atoms with van der Waals surface area (Å²) in [5, 5.41) is 21.7. The molecule has 136 valence electrons. The highest BCUT2D eigenvalue weighted by atomic mass is 35.5. The van der Waals surface area contributed by atoms with E-state index in [2.05, 4.69) is 31.1 Å². The van der Waals surface area contributed by atoms with Gasteiger partial charge in [0.25, 0.3) is 0 Å². The standard InChI is InChI=1S/C18H16ClN7O/c19-8-12-2-1-3-14(6-12)22-18(27)20-10-15-11-26(25-23-15)16-5-4-13-9-21-24-17(13)7-16/h1-7,9,11H,8,10H2,(H,21,24)(H2,20,22,27). The Bertz CT molecular complexity index is 1090. The van der Waals surface area contributed by atoms with Crippen LogP contribution in [0, 0.1) is 0 Å². The Balaban J connectivity index is 1.38. The predicted molar refractivity (Wildman–Crippen MR) is 103 cm³/mol. The molecule has 27 heavy (non-hydrogen) atoms. The topological polar surface area (TPSA) is 101 Å². The van der Waals surface area contributed by atoms with Crippen molar-refractivity contribution in [3.05, 3.63) is 66.1 Å². The number of amides is 2. The maximum absolute atomic E-state index is 12.1. The van der Waals surface area contributed by atoms with Gasteiger partial charge >= 0.3 is 6.03 Å². The second kappa shape index (κ2) is 7.46. The van der Waals surface area contributed by atoms with Gasteiger partial charge in [-0.25, -0.2) is 9.48 Å². The van der Waals surface area contributed by atoms with Gasteiger partial charge < -0.3 is 10.6 Å². The third-order valence-electron chi connectivity index (χ3n) is 4.00. The van der Waals surface area contributed by atoms with Crippen molar-refractivity contribution in [2.24, 2.45) is 0 Å². The number of hydrogen-bond acceptors (Lipinski definition) is 4. The van der Waals surface area contributed by atoms with Crippen LogP contribution in [0.25, 0.3) is 16.6 Å². The summed E-state index contributed by atoms with van der Waals surface area (Å²) in [4.78, 5) is 12.1. The molecule has 2 amide bonds. The van der Waals surface area contributed by atoms with E-state index in [1.54, 1.807) is 23.1 Å². The summed E-state index contributed by atoms with van der Waals surface area (Å²) in [5.41, 5.74) is 4.03. The van der Waals surface area contributed by atoms with Gasteiger partial charge in [0.2, 0.25) is 0 Å². The number of H-pyrrole nitrogens is 1. The number of aromatic nitrogens is 5. The van der Waals surface area contributed by atoms with E-state index in [4.69, 9.17) is 11.6 Å². The van der Waals surface area contributed by atoms with Gasteiger partial charge in [-0.1, -0.05) is 17.3 Å². The number of halogens is 1. The molecule has 0 aliphatic rings. The van der Waals surface area contributed by atoms with E-state index in [-0.39, 0.29) is 12.6 Å². The third-order valence-corrected chi connectivity index (χ3v) is 4.31. The third kappa shape index (κ3) is 3.90. The first-order valence-electron chi connectivity index (χ1n) is 8.26. The first-order valence-corrected chi connectivity index (χ1v) is 8.79. The summed E-state index contributed by atoms with van der Waals surface area (Å²) in [5.74, 6) is 0.393. The normalized spacial score (nSPS) is 10.9.